The van der Waals surface area contributed by atoms with Gasteiger partial charge in [0, 0.05) is 5.22 Å². The molecular formula is C12H8ClN3O2S. The zero-order chi connectivity index (χ0) is 13.7. The van der Waals surface area contributed by atoms with Gasteiger partial charge < -0.3 is 15.1 Å². The quantitative estimate of drug-likeness (QED) is 0.689. The molecule has 2 heterocycles. The number of rotatable bonds is 1. The molecule has 0 saturated carbocycles. The molecule has 1 amide bonds. The Hall–Kier alpha value is -1.92. The Bertz CT molecular complexity index is 895. The SMILES string of the molecule is Cc1ccc(Cl)c2c1=NC(=O)C=2c1[nH]c(=S)[nH]c1O. The van der Waals surface area contributed by atoms with Gasteiger partial charge in [-0.1, -0.05) is 17.7 Å². The summed E-state index contributed by atoms with van der Waals surface area (Å²) in [6, 6.07) is 3.49. The molecule has 0 fully saturated rings. The fourth-order valence-electron chi connectivity index (χ4n) is 2.10. The highest BCUT2D eigenvalue weighted by molar-refractivity contribution is 7.71. The van der Waals surface area contributed by atoms with Crippen molar-refractivity contribution in [2.75, 3.05) is 0 Å². The molecule has 0 unspecified atom stereocenters. The monoisotopic (exact) mass is 293 g/mol. The van der Waals surface area contributed by atoms with E-state index >= 15 is 0 Å². The number of carbonyl (C=O) groups is 1. The number of H-pyrrole nitrogens is 2. The average Bonchev–Trinajstić information content (AvgIpc) is 2.84. The van der Waals surface area contributed by atoms with Crippen LogP contribution in [0.5, 0.6) is 5.88 Å². The zero-order valence-corrected chi connectivity index (χ0v) is 11.3. The number of imidazole rings is 1. The third-order valence-corrected chi connectivity index (χ3v) is 3.48. The normalized spacial score (nSPS) is 13.6. The molecule has 0 radical (unpaired) electrons. The number of halogens is 1. The first-order valence-corrected chi connectivity index (χ1v) is 6.21. The Morgan fingerprint density at radius 1 is 1.37 bits per heavy atom. The Morgan fingerprint density at radius 2 is 2.11 bits per heavy atom. The number of fused-ring (bicyclic) bond motifs is 1. The van der Waals surface area contributed by atoms with Crippen molar-refractivity contribution >= 4 is 35.3 Å². The van der Waals surface area contributed by atoms with Crippen molar-refractivity contribution < 1.29 is 9.90 Å². The molecule has 0 aliphatic carbocycles. The van der Waals surface area contributed by atoms with Crippen LogP contribution in [0.25, 0.3) is 5.57 Å². The van der Waals surface area contributed by atoms with Gasteiger partial charge in [-0.15, -0.1) is 0 Å². The number of amides is 1. The Balaban J connectivity index is 2.52. The summed E-state index contributed by atoms with van der Waals surface area (Å²) < 4.78 is 0.227. The third-order valence-electron chi connectivity index (χ3n) is 2.96. The lowest BCUT2D eigenvalue weighted by atomic mass is 10.1. The summed E-state index contributed by atoms with van der Waals surface area (Å²) in [4.78, 5) is 21.3. The zero-order valence-electron chi connectivity index (χ0n) is 9.74. The minimum absolute atomic E-state index is 0.200. The largest absolute Gasteiger partial charge is 0.493 e. The molecule has 1 aliphatic heterocycles. The minimum atomic E-state index is -0.452. The summed E-state index contributed by atoms with van der Waals surface area (Å²) in [5, 5.41) is 11.2. The van der Waals surface area contributed by atoms with E-state index in [9.17, 15) is 9.90 Å². The third kappa shape index (κ3) is 1.72. The number of nitrogens with one attached hydrogen (secondary N) is 2. The van der Waals surface area contributed by atoms with Crippen LogP contribution in [-0.2, 0) is 4.79 Å². The number of aryl methyl sites for hydroxylation is 1. The van der Waals surface area contributed by atoms with Gasteiger partial charge in [-0.05, 0) is 30.8 Å². The van der Waals surface area contributed by atoms with E-state index in [1.807, 2.05) is 6.92 Å². The van der Waals surface area contributed by atoms with Crippen LogP contribution in [0.1, 0.15) is 11.3 Å². The maximum absolute atomic E-state index is 12.1. The second-order valence-corrected chi connectivity index (χ2v) is 5.00. The number of hydrogen-bond acceptors (Lipinski definition) is 3. The number of hydrogen-bond donors (Lipinski definition) is 3. The topological polar surface area (TPSA) is 81.2 Å². The van der Waals surface area contributed by atoms with E-state index in [2.05, 4.69) is 15.0 Å². The van der Waals surface area contributed by atoms with Crippen molar-refractivity contribution in [3.05, 3.63) is 43.8 Å². The van der Waals surface area contributed by atoms with Crippen LogP contribution in [0, 0.1) is 11.7 Å². The lowest BCUT2D eigenvalue weighted by molar-refractivity contribution is -0.112. The van der Waals surface area contributed by atoms with Crippen molar-refractivity contribution in [2.45, 2.75) is 6.92 Å². The summed E-state index contributed by atoms with van der Waals surface area (Å²) in [6.45, 7) is 1.84. The minimum Gasteiger partial charge on any atom is -0.493 e. The van der Waals surface area contributed by atoms with E-state index < -0.39 is 5.91 Å². The number of aromatic nitrogens is 2. The predicted octanol–water partition coefficient (Wildman–Crippen LogP) is 1.10. The summed E-state index contributed by atoms with van der Waals surface area (Å²) >= 11 is 11.0. The van der Waals surface area contributed by atoms with Gasteiger partial charge in [0.2, 0.25) is 5.88 Å². The van der Waals surface area contributed by atoms with Gasteiger partial charge in [0.15, 0.2) is 4.77 Å². The van der Waals surface area contributed by atoms with Crippen LogP contribution in [0.15, 0.2) is 17.1 Å². The molecule has 3 rings (SSSR count). The molecule has 96 valence electrons. The van der Waals surface area contributed by atoms with Gasteiger partial charge in [-0.2, -0.15) is 0 Å². The maximum Gasteiger partial charge on any atom is 0.280 e. The number of aromatic hydroxyl groups is 1. The van der Waals surface area contributed by atoms with E-state index in [0.29, 0.717) is 15.6 Å². The standard InChI is InChI=1S/C12H8ClN3O2S/c1-4-2-3-5(13)6-7(10(17)14-8(4)6)9-11(18)16-12(19)15-9/h2-3,18H,1H3,(H2,15,16,19). The number of aromatic amines is 2. The summed E-state index contributed by atoms with van der Waals surface area (Å²) in [5.41, 5.74) is 1.29. The predicted molar refractivity (Wildman–Crippen MR) is 72.1 cm³/mol. The van der Waals surface area contributed by atoms with Gasteiger partial charge in [0.05, 0.1) is 16.0 Å². The van der Waals surface area contributed by atoms with Crippen LogP contribution in [0.2, 0.25) is 5.02 Å². The summed E-state index contributed by atoms with van der Waals surface area (Å²) in [7, 11) is 0. The lowest BCUT2D eigenvalue weighted by Gasteiger charge is -1.98. The van der Waals surface area contributed by atoms with Gasteiger partial charge in [-0.3, -0.25) is 4.79 Å². The Kier molecular flexibility index (Phi) is 2.58. The van der Waals surface area contributed by atoms with Crippen molar-refractivity contribution in [2.24, 2.45) is 4.99 Å². The van der Waals surface area contributed by atoms with E-state index in [0.717, 1.165) is 5.56 Å². The van der Waals surface area contributed by atoms with E-state index in [-0.39, 0.29) is 21.9 Å². The van der Waals surface area contributed by atoms with Crippen LogP contribution in [0.3, 0.4) is 0 Å². The van der Waals surface area contributed by atoms with Gasteiger partial charge in [0.1, 0.15) is 5.69 Å². The van der Waals surface area contributed by atoms with Crippen LogP contribution >= 0.6 is 23.8 Å². The highest BCUT2D eigenvalue weighted by Crippen LogP contribution is 2.22. The molecule has 7 heteroatoms. The van der Waals surface area contributed by atoms with Crippen LogP contribution in [0.4, 0.5) is 0 Å². The van der Waals surface area contributed by atoms with Crippen molar-refractivity contribution in [3.8, 4) is 5.88 Å². The summed E-state index contributed by atoms with van der Waals surface area (Å²) in [5.74, 6) is -0.652. The maximum atomic E-state index is 12.1. The van der Waals surface area contributed by atoms with E-state index in [1.54, 1.807) is 12.1 Å². The number of benzene rings is 1. The number of nitrogens with zero attached hydrogens (tertiary/aromatic N) is 1. The molecule has 0 atom stereocenters. The molecule has 0 bridgehead atoms. The average molecular weight is 294 g/mol. The molecule has 1 aromatic carbocycles. The fourth-order valence-corrected chi connectivity index (χ4v) is 2.55. The van der Waals surface area contributed by atoms with Crippen molar-refractivity contribution in [3.63, 3.8) is 0 Å². The first-order chi connectivity index (χ1) is 8.99. The molecule has 2 aromatic rings. The smallest absolute Gasteiger partial charge is 0.280 e. The molecule has 0 spiro atoms. The first kappa shape index (κ1) is 12.1. The Labute approximate surface area is 117 Å². The highest BCUT2D eigenvalue weighted by Gasteiger charge is 2.24. The van der Waals surface area contributed by atoms with Crippen molar-refractivity contribution in [1.82, 2.24) is 9.97 Å². The molecule has 0 saturated heterocycles. The fraction of sp³-hybridized carbons (Fsp3) is 0.0833. The van der Waals surface area contributed by atoms with Crippen LogP contribution < -0.4 is 10.6 Å². The summed E-state index contributed by atoms with van der Waals surface area (Å²) in [6.07, 6.45) is 0. The first-order valence-electron chi connectivity index (χ1n) is 5.43. The molecule has 1 aromatic heterocycles. The number of carbonyl (C=O) groups excluding carboxylic acids is 1. The van der Waals surface area contributed by atoms with Gasteiger partial charge in [-0.25, -0.2) is 4.99 Å². The van der Waals surface area contributed by atoms with E-state index in [4.69, 9.17) is 23.8 Å². The highest BCUT2D eigenvalue weighted by atomic mass is 35.5. The Morgan fingerprint density at radius 3 is 2.74 bits per heavy atom. The van der Waals surface area contributed by atoms with Crippen LogP contribution in [-0.4, -0.2) is 21.0 Å². The van der Waals surface area contributed by atoms with Gasteiger partial charge in [0.25, 0.3) is 5.91 Å². The second-order valence-electron chi connectivity index (χ2n) is 4.18. The molecule has 19 heavy (non-hydrogen) atoms. The lowest BCUT2D eigenvalue weighted by Crippen LogP contribution is -2.27. The molecule has 1 aliphatic rings. The van der Waals surface area contributed by atoms with E-state index in [1.165, 1.54) is 0 Å². The molecule has 5 nitrogen and oxygen atoms in total. The van der Waals surface area contributed by atoms with Gasteiger partial charge >= 0.3 is 0 Å². The molecular weight excluding hydrogens is 286 g/mol. The van der Waals surface area contributed by atoms with Crippen molar-refractivity contribution in [1.29, 1.82) is 0 Å². The molecule has 3 N–H and O–H groups in total. The second kappa shape index (κ2) is 4.04.